The van der Waals surface area contributed by atoms with Gasteiger partial charge in [0.2, 0.25) is 0 Å². The molecule has 0 spiro atoms. The maximum atomic E-state index is 3.97. The molecule has 1 aliphatic heterocycles. The van der Waals surface area contributed by atoms with Crippen molar-refractivity contribution in [3.05, 3.63) is 36.0 Å². The van der Waals surface area contributed by atoms with Crippen molar-refractivity contribution < 1.29 is 0 Å². The zero-order valence-corrected chi connectivity index (χ0v) is 5.99. The first-order valence-electron chi connectivity index (χ1n) is 3.50. The van der Waals surface area contributed by atoms with E-state index in [1.54, 1.807) is 12.5 Å². The van der Waals surface area contributed by atoms with Crippen molar-refractivity contribution in [1.29, 1.82) is 0 Å². The van der Waals surface area contributed by atoms with E-state index in [9.17, 15) is 0 Å². The number of para-hydroxylation sites is 1. The van der Waals surface area contributed by atoms with Crippen molar-refractivity contribution >= 4 is 18.1 Å². The molecular weight excluding hydrogens is 136 g/mol. The monoisotopic (exact) mass is 144 g/mol. The van der Waals surface area contributed by atoms with Crippen LogP contribution < -0.4 is 5.32 Å². The molecule has 11 heavy (non-hydrogen) atoms. The molecule has 2 nitrogen and oxygen atoms in total. The predicted octanol–water partition coefficient (Wildman–Crippen LogP) is 2.11. The highest BCUT2D eigenvalue weighted by molar-refractivity contribution is 5.83. The summed E-state index contributed by atoms with van der Waals surface area (Å²) in [6.45, 7) is 0. The lowest BCUT2D eigenvalue weighted by molar-refractivity contribution is 1.61. The minimum absolute atomic E-state index is 1.10. The highest BCUT2D eigenvalue weighted by Crippen LogP contribution is 2.16. The first-order valence-corrected chi connectivity index (χ1v) is 3.50. The topological polar surface area (TPSA) is 24.4 Å². The summed E-state index contributed by atoms with van der Waals surface area (Å²) in [4.78, 5) is 3.97. The third-order valence-electron chi connectivity index (χ3n) is 1.60. The van der Waals surface area contributed by atoms with E-state index in [1.165, 1.54) is 5.56 Å². The van der Waals surface area contributed by atoms with Gasteiger partial charge in [-0.25, -0.2) is 4.99 Å². The Kier molecular flexibility index (Phi) is 1.44. The van der Waals surface area contributed by atoms with Crippen LogP contribution in [0.1, 0.15) is 5.56 Å². The van der Waals surface area contributed by atoms with Gasteiger partial charge in [-0.05, 0) is 17.7 Å². The second-order valence-electron chi connectivity index (χ2n) is 2.33. The Bertz CT molecular complexity index is 313. The molecule has 0 saturated carbocycles. The molecule has 2 heteroatoms. The van der Waals surface area contributed by atoms with Crippen LogP contribution in [-0.2, 0) is 0 Å². The molecular formula is C9H8N2. The van der Waals surface area contributed by atoms with Crippen molar-refractivity contribution in [2.45, 2.75) is 0 Å². The Morgan fingerprint density at radius 3 is 3.09 bits per heavy atom. The van der Waals surface area contributed by atoms with Crippen LogP contribution >= 0.6 is 0 Å². The van der Waals surface area contributed by atoms with Crippen LogP contribution in [0.15, 0.2) is 35.5 Å². The molecule has 0 aliphatic carbocycles. The lowest BCUT2D eigenvalue weighted by atomic mass is 10.2. The molecule has 1 aromatic rings. The molecule has 1 heterocycles. The molecule has 0 saturated heterocycles. The highest BCUT2D eigenvalue weighted by atomic mass is 14.9. The van der Waals surface area contributed by atoms with Gasteiger partial charge in [0, 0.05) is 11.9 Å². The summed E-state index contributed by atoms with van der Waals surface area (Å²) in [6, 6.07) is 8.08. The number of hydrogen-bond donors (Lipinski definition) is 1. The van der Waals surface area contributed by atoms with Crippen LogP contribution in [0.2, 0.25) is 0 Å². The van der Waals surface area contributed by atoms with Crippen molar-refractivity contribution in [3.8, 4) is 0 Å². The first kappa shape index (κ1) is 6.16. The fourth-order valence-electron chi connectivity index (χ4n) is 1.05. The lowest BCUT2D eigenvalue weighted by Crippen LogP contribution is -1.93. The van der Waals surface area contributed by atoms with Gasteiger partial charge in [0.1, 0.15) is 0 Å². The summed E-state index contributed by atoms with van der Waals surface area (Å²) >= 11 is 0. The van der Waals surface area contributed by atoms with E-state index in [1.807, 2.05) is 30.3 Å². The second kappa shape index (κ2) is 2.58. The number of nitrogens with zero attached hydrogens (tertiary/aromatic N) is 1. The fraction of sp³-hybridized carbons (Fsp3) is 0. The largest absolute Gasteiger partial charge is 0.346 e. The zero-order valence-electron chi connectivity index (χ0n) is 5.99. The Morgan fingerprint density at radius 1 is 1.18 bits per heavy atom. The van der Waals surface area contributed by atoms with Gasteiger partial charge in [-0.15, -0.1) is 0 Å². The maximum Gasteiger partial charge on any atom is 0.0923 e. The first-order chi connectivity index (χ1) is 5.47. The smallest absolute Gasteiger partial charge is 0.0923 e. The Morgan fingerprint density at radius 2 is 2.09 bits per heavy atom. The van der Waals surface area contributed by atoms with E-state index in [0.29, 0.717) is 0 Å². The quantitative estimate of drug-likeness (QED) is 0.592. The zero-order chi connectivity index (χ0) is 7.52. The highest BCUT2D eigenvalue weighted by Gasteiger charge is 1.96. The molecule has 0 unspecified atom stereocenters. The van der Waals surface area contributed by atoms with Crippen molar-refractivity contribution in [1.82, 2.24) is 0 Å². The normalized spacial score (nSPS) is 13.5. The summed E-state index contributed by atoms with van der Waals surface area (Å²) in [5, 5.41) is 3.07. The predicted molar refractivity (Wildman–Crippen MR) is 47.6 cm³/mol. The summed E-state index contributed by atoms with van der Waals surface area (Å²) in [6.07, 6.45) is 5.44. The van der Waals surface area contributed by atoms with Crippen LogP contribution in [0, 0.1) is 0 Å². The number of rotatable bonds is 0. The summed E-state index contributed by atoms with van der Waals surface area (Å²) < 4.78 is 0. The summed E-state index contributed by atoms with van der Waals surface area (Å²) in [5.74, 6) is 0. The molecule has 0 bridgehead atoms. The number of fused-ring (bicyclic) bond motifs is 1. The van der Waals surface area contributed by atoms with Gasteiger partial charge in [0.05, 0.1) is 6.34 Å². The van der Waals surface area contributed by atoms with E-state index in [-0.39, 0.29) is 0 Å². The van der Waals surface area contributed by atoms with Gasteiger partial charge >= 0.3 is 0 Å². The fourth-order valence-corrected chi connectivity index (χ4v) is 1.05. The Labute approximate surface area is 65.3 Å². The minimum atomic E-state index is 1.10. The van der Waals surface area contributed by atoms with Crippen molar-refractivity contribution in [3.63, 3.8) is 0 Å². The van der Waals surface area contributed by atoms with Gasteiger partial charge in [-0.2, -0.15) is 0 Å². The van der Waals surface area contributed by atoms with Crippen LogP contribution in [0.3, 0.4) is 0 Å². The van der Waals surface area contributed by atoms with E-state index in [0.717, 1.165) is 5.69 Å². The standard InChI is InChI=1S/C9H8N2/c1-2-4-9-8(3-1)5-6-10-7-11-9/h1-7H,(H,10,11). The van der Waals surface area contributed by atoms with Crippen molar-refractivity contribution in [2.75, 3.05) is 5.32 Å². The lowest BCUT2D eigenvalue weighted by Gasteiger charge is -2.01. The van der Waals surface area contributed by atoms with E-state index in [2.05, 4.69) is 10.3 Å². The number of nitrogens with one attached hydrogen (secondary N) is 1. The molecule has 1 aliphatic rings. The van der Waals surface area contributed by atoms with Gasteiger partial charge < -0.3 is 5.32 Å². The minimum Gasteiger partial charge on any atom is -0.346 e. The number of hydrogen-bond acceptors (Lipinski definition) is 2. The maximum absolute atomic E-state index is 3.97. The van der Waals surface area contributed by atoms with Crippen LogP contribution in [-0.4, -0.2) is 6.34 Å². The van der Waals surface area contributed by atoms with Crippen LogP contribution in [0.5, 0.6) is 0 Å². The summed E-state index contributed by atoms with van der Waals surface area (Å²) in [5.41, 5.74) is 2.27. The third kappa shape index (κ3) is 1.15. The molecule has 0 fully saturated rings. The molecule has 0 amide bonds. The van der Waals surface area contributed by atoms with Gasteiger partial charge in [0.15, 0.2) is 0 Å². The van der Waals surface area contributed by atoms with Crippen molar-refractivity contribution in [2.24, 2.45) is 4.99 Å². The van der Waals surface area contributed by atoms with E-state index < -0.39 is 0 Å². The number of benzene rings is 1. The van der Waals surface area contributed by atoms with E-state index in [4.69, 9.17) is 0 Å². The molecule has 54 valence electrons. The average molecular weight is 144 g/mol. The second-order valence-corrected chi connectivity index (χ2v) is 2.33. The molecule has 1 N–H and O–H groups in total. The Hall–Kier alpha value is -1.57. The van der Waals surface area contributed by atoms with Gasteiger partial charge in [-0.1, -0.05) is 18.2 Å². The third-order valence-corrected chi connectivity index (χ3v) is 1.60. The van der Waals surface area contributed by atoms with Gasteiger partial charge in [-0.3, -0.25) is 0 Å². The molecule has 0 radical (unpaired) electrons. The summed E-state index contributed by atoms with van der Waals surface area (Å²) in [7, 11) is 0. The Balaban J connectivity index is 2.52. The number of anilines is 1. The molecule has 0 atom stereocenters. The average Bonchev–Trinajstić information content (AvgIpc) is 2.28. The molecule has 1 aromatic carbocycles. The van der Waals surface area contributed by atoms with Crippen LogP contribution in [0.25, 0.3) is 6.08 Å². The van der Waals surface area contributed by atoms with E-state index >= 15 is 0 Å². The van der Waals surface area contributed by atoms with Crippen LogP contribution in [0.4, 0.5) is 5.69 Å². The number of aliphatic imine (C=N–C) groups is 1. The SMILES string of the molecule is C1=Cc2ccccc2NC=N1. The molecule has 2 rings (SSSR count). The molecule has 0 aromatic heterocycles. The van der Waals surface area contributed by atoms with Gasteiger partial charge in [0.25, 0.3) is 0 Å².